The summed E-state index contributed by atoms with van der Waals surface area (Å²) in [7, 11) is 0. The van der Waals surface area contributed by atoms with Crippen molar-refractivity contribution in [1.82, 2.24) is 0 Å². The molecule has 0 spiro atoms. The number of benzene rings is 2. The van der Waals surface area contributed by atoms with Crippen LogP contribution in [-0.2, 0) is 4.79 Å². The third-order valence-electron chi connectivity index (χ3n) is 4.19. The maximum absolute atomic E-state index is 13.8. The summed E-state index contributed by atoms with van der Waals surface area (Å²) < 4.78 is 27.7. The Kier molecular flexibility index (Phi) is 4.70. The molecule has 3 heteroatoms. The molecule has 24 heavy (non-hydrogen) atoms. The highest BCUT2D eigenvalue weighted by Gasteiger charge is 2.25. The Balaban J connectivity index is 1.98. The number of allylic oxidation sites excluding steroid dienone is 2. The second kappa shape index (κ2) is 6.91. The number of carbonyl (C=O) groups is 1. The summed E-state index contributed by atoms with van der Waals surface area (Å²) >= 11 is 0. The summed E-state index contributed by atoms with van der Waals surface area (Å²) in [6.45, 7) is 2.04. The van der Waals surface area contributed by atoms with Gasteiger partial charge in [0, 0.05) is 22.3 Å². The van der Waals surface area contributed by atoms with Crippen molar-refractivity contribution in [2.24, 2.45) is 5.92 Å². The van der Waals surface area contributed by atoms with Crippen LogP contribution in [0.2, 0.25) is 0 Å². The summed E-state index contributed by atoms with van der Waals surface area (Å²) in [4.78, 5) is 12.7. The summed E-state index contributed by atoms with van der Waals surface area (Å²) in [5.41, 5.74) is 1.95. The van der Waals surface area contributed by atoms with Crippen LogP contribution in [0.1, 0.15) is 30.9 Å². The predicted molar refractivity (Wildman–Crippen MR) is 92.2 cm³/mol. The minimum absolute atomic E-state index is 0.125. The molecule has 0 radical (unpaired) electrons. The zero-order chi connectivity index (χ0) is 17.1. The smallest absolute Gasteiger partial charge is 0.185 e. The molecule has 1 unspecified atom stereocenters. The highest BCUT2D eigenvalue weighted by atomic mass is 19.1. The van der Waals surface area contributed by atoms with Crippen LogP contribution >= 0.6 is 0 Å². The van der Waals surface area contributed by atoms with Gasteiger partial charge in [-0.3, -0.25) is 4.79 Å². The minimum atomic E-state index is -0.351. The number of Topliss-reactive ketones (excluding diaryl/α,β-unsaturated/α-hetero) is 1. The van der Waals surface area contributed by atoms with Crippen LogP contribution in [0.3, 0.4) is 0 Å². The van der Waals surface area contributed by atoms with Crippen LogP contribution in [0.4, 0.5) is 8.78 Å². The van der Waals surface area contributed by atoms with Crippen LogP contribution in [-0.4, -0.2) is 5.78 Å². The van der Waals surface area contributed by atoms with E-state index in [0.29, 0.717) is 35.1 Å². The number of hydrogen-bond acceptors (Lipinski definition) is 1. The first-order valence-electron chi connectivity index (χ1n) is 7.99. The summed E-state index contributed by atoms with van der Waals surface area (Å²) in [6.07, 6.45) is 4.43. The number of rotatable bonds is 2. The van der Waals surface area contributed by atoms with E-state index in [2.05, 4.69) is 0 Å². The van der Waals surface area contributed by atoms with E-state index in [-0.39, 0.29) is 23.3 Å². The predicted octanol–water partition coefficient (Wildman–Crippen LogP) is 5.43. The van der Waals surface area contributed by atoms with Crippen LogP contribution in [0.15, 0.2) is 59.7 Å². The molecule has 1 nitrogen and oxygen atoms in total. The number of hydrogen-bond donors (Lipinski definition) is 0. The standard InChI is InChI=1S/C21H18F2O/c1-14-10-17(12-15-6-2-4-8-19(15)22)21(24)18(11-14)13-16-7-3-5-9-20(16)23/h2-9,12-14H,10-11H2,1H3/b17-12+,18-13?. The molecule has 0 amide bonds. The Morgan fingerprint density at radius 3 is 1.67 bits per heavy atom. The third-order valence-corrected chi connectivity index (χ3v) is 4.19. The number of halogens is 2. The first-order chi connectivity index (χ1) is 11.5. The Morgan fingerprint density at radius 2 is 1.25 bits per heavy atom. The molecule has 2 aromatic rings. The molecule has 0 aliphatic heterocycles. The van der Waals surface area contributed by atoms with Gasteiger partial charge < -0.3 is 0 Å². The van der Waals surface area contributed by atoms with E-state index >= 15 is 0 Å². The van der Waals surface area contributed by atoms with E-state index in [1.807, 2.05) is 6.92 Å². The van der Waals surface area contributed by atoms with Crippen molar-refractivity contribution in [3.05, 3.63) is 82.4 Å². The van der Waals surface area contributed by atoms with E-state index in [1.165, 1.54) is 12.1 Å². The van der Waals surface area contributed by atoms with Gasteiger partial charge in [0.05, 0.1) is 0 Å². The maximum Gasteiger partial charge on any atom is 0.185 e. The van der Waals surface area contributed by atoms with Gasteiger partial charge in [-0.2, -0.15) is 0 Å². The van der Waals surface area contributed by atoms with Crippen molar-refractivity contribution in [2.45, 2.75) is 19.8 Å². The average molecular weight is 324 g/mol. The van der Waals surface area contributed by atoms with E-state index in [9.17, 15) is 13.6 Å². The van der Waals surface area contributed by atoms with Crippen molar-refractivity contribution in [2.75, 3.05) is 0 Å². The fraction of sp³-hybridized carbons (Fsp3) is 0.190. The molecule has 122 valence electrons. The average Bonchev–Trinajstić information content (AvgIpc) is 2.56. The number of carbonyl (C=O) groups excluding carboxylic acids is 1. The van der Waals surface area contributed by atoms with Crippen molar-refractivity contribution >= 4 is 17.9 Å². The molecule has 1 atom stereocenters. The van der Waals surface area contributed by atoms with Crippen LogP contribution in [0.5, 0.6) is 0 Å². The highest BCUT2D eigenvalue weighted by Crippen LogP contribution is 2.32. The molecule has 0 N–H and O–H groups in total. The van der Waals surface area contributed by atoms with Crippen molar-refractivity contribution in [3.8, 4) is 0 Å². The van der Waals surface area contributed by atoms with E-state index < -0.39 is 0 Å². The van der Waals surface area contributed by atoms with E-state index in [1.54, 1.807) is 48.6 Å². The third kappa shape index (κ3) is 3.51. The molecule has 1 saturated carbocycles. The Morgan fingerprint density at radius 1 is 0.833 bits per heavy atom. The van der Waals surface area contributed by atoms with Gasteiger partial charge in [-0.05, 0) is 43.0 Å². The second-order valence-electron chi connectivity index (χ2n) is 6.22. The lowest BCUT2D eigenvalue weighted by Gasteiger charge is -2.22. The second-order valence-corrected chi connectivity index (χ2v) is 6.22. The zero-order valence-electron chi connectivity index (χ0n) is 13.4. The molecule has 2 aromatic carbocycles. The molecule has 1 aliphatic rings. The number of ketones is 1. The lowest BCUT2D eigenvalue weighted by atomic mass is 9.80. The van der Waals surface area contributed by atoms with Gasteiger partial charge in [-0.1, -0.05) is 43.3 Å². The quantitative estimate of drug-likeness (QED) is 0.673. The summed E-state index contributed by atoms with van der Waals surface area (Å²) in [5.74, 6) is -0.579. The molecular weight excluding hydrogens is 306 g/mol. The summed E-state index contributed by atoms with van der Waals surface area (Å²) in [6, 6.07) is 12.8. The molecule has 1 fully saturated rings. The van der Waals surface area contributed by atoms with E-state index in [0.717, 1.165) is 0 Å². The zero-order valence-corrected chi connectivity index (χ0v) is 13.4. The first kappa shape index (κ1) is 16.3. The Labute approximate surface area is 140 Å². The lowest BCUT2D eigenvalue weighted by molar-refractivity contribution is -0.113. The molecule has 0 aromatic heterocycles. The van der Waals surface area contributed by atoms with Gasteiger partial charge >= 0.3 is 0 Å². The largest absolute Gasteiger partial charge is 0.289 e. The van der Waals surface area contributed by atoms with Gasteiger partial charge in [0.25, 0.3) is 0 Å². The van der Waals surface area contributed by atoms with Crippen LogP contribution in [0, 0.1) is 17.6 Å². The normalized spacial score (nSPS) is 21.5. The maximum atomic E-state index is 13.8. The molecule has 3 rings (SSSR count). The monoisotopic (exact) mass is 324 g/mol. The fourth-order valence-electron chi connectivity index (χ4n) is 3.02. The molecule has 1 aliphatic carbocycles. The van der Waals surface area contributed by atoms with Gasteiger partial charge in [0.2, 0.25) is 0 Å². The topological polar surface area (TPSA) is 17.1 Å². The molecular formula is C21H18F2O. The first-order valence-corrected chi connectivity index (χ1v) is 7.99. The van der Waals surface area contributed by atoms with Gasteiger partial charge in [-0.15, -0.1) is 0 Å². The van der Waals surface area contributed by atoms with Crippen LogP contribution < -0.4 is 0 Å². The highest BCUT2D eigenvalue weighted by molar-refractivity contribution is 6.14. The fourth-order valence-corrected chi connectivity index (χ4v) is 3.02. The van der Waals surface area contributed by atoms with Gasteiger partial charge in [0.1, 0.15) is 11.6 Å². The van der Waals surface area contributed by atoms with Crippen molar-refractivity contribution in [3.63, 3.8) is 0 Å². The molecule has 0 heterocycles. The molecule has 0 bridgehead atoms. The minimum Gasteiger partial charge on any atom is -0.289 e. The Bertz CT molecular complexity index is 766. The molecule has 0 saturated heterocycles. The van der Waals surface area contributed by atoms with Crippen molar-refractivity contribution < 1.29 is 13.6 Å². The van der Waals surface area contributed by atoms with Gasteiger partial charge in [-0.25, -0.2) is 8.78 Å². The van der Waals surface area contributed by atoms with Crippen LogP contribution in [0.25, 0.3) is 12.2 Å². The Hall–Kier alpha value is -2.55. The van der Waals surface area contributed by atoms with Gasteiger partial charge in [0.15, 0.2) is 5.78 Å². The SMILES string of the molecule is CC1CC(=Cc2ccccc2F)C(=O)/C(=C/c2ccccc2F)C1. The summed E-state index contributed by atoms with van der Waals surface area (Å²) in [5, 5.41) is 0. The van der Waals surface area contributed by atoms with E-state index in [4.69, 9.17) is 0 Å². The lowest BCUT2D eigenvalue weighted by Crippen LogP contribution is -2.18. The van der Waals surface area contributed by atoms with Crippen molar-refractivity contribution in [1.29, 1.82) is 0 Å².